The van der Waals surface area contributed by atoms with Gasteiger partial charge in [-0.25, -0.2) is 0 Å². The second-order valence-corrected chi connectivity index (χ2v) is 5.81. The van der Waals surface area contributed by atoms with E-state index in [2.05, 4.69) is 21.0 Å². The molecule has 1 heterocycles. The van der Waals surface area contributed by atoms with Crippen molar-refractivity contribution in [2.24, 2.45) is 0 Å². The Balaban J connectivity index is 1.41. The molecule has 0 unspecified atom stereocenters. The molecule has 0 bridgehead atoms. The number of hydrogen-bond donors (Lipinski definition) is 3. The van der Waals surface area contributed by atoms with Crippen molar-refractivity contribution in [3.8, 4) is 22.8 Å². The van der Waals surface area contributed by atoms with Crippen molar-refractivity contribution in [2.45, 2.75) is 6.42 Å². The van der Waals surface area contributed by atoms with Crippen LogP contribution in [-0.2, 0) is 4.79 Å². The van der Waals surface area contributed by atoms with E-state index in [-0.39, 0.29) is 24.6 Å². The van der Waals surface area contributed by atoms with E-state index in [9.17, 15) is 9.59 Å². The number of aromatic amines is 1. The SMILES string of the molecule is COc1ccc(OCCC(=O)NNC(=O)c2cc(-c3ccccc3)n[nH]2)cc1. The molecule has 144 valence electrons. The third-order valence-corrected chi connectivity index (χ3v) is 3.86. The summed E-state index contributed by atoms with van der Waals surface area (Å²) >= 11 is 0. The largest absolute Gasteiger partial charge is 0.497 e. The summed E-state index contributed by atoms with van der Waals surface area (Å²) in [5.74, 6) is 0.495. The molecule has 2 amide bonds. The molecular formula is C20H20N4O4. The van der Waals surface area contributed by atoms with Crippen LogP contribution in [-0.4, -0.2) is 35.7 Å². The van der Waals surface area contributed by atoms with Crippen LogP contribution in [0.4, 0.5) is 0 Å². The van der Waals surface area contributed by atoms with Gasteiger partial charge in [0.15, 0.2) is 0 Å². The Hall–Kier alpha value is -3.81. The Morgan fingerprint density at radius 2 is 1.71 bits per heavy atom. The normalized spacial score (nSPS) is 10.2. The predicted molar refractivity (Wildman–Crippen MR) is 103 cm³/mol. The van der Waals surface area contributed by atoms with Crippen LogP contribution in [0.15, 0.2) is 60.7 Å². The molecule has 0 atom stereocenters. The van der Waals surface area contributed by atoms with E-state index in [4.69, 9.17) is 9.47 Å². The molecule has 0 fully saturated rings. The molecule has 2 aromatic carbocycles. The van der Waals surface area contributed by atoms with E-state index < -0.39 is 5.91 Å². The molecule has 0 radical (unpaired) electrons. The number of aromatic nitrogens is 2. The van der Waals surface area contributed by atoms with Gasteiger partial charge in [0.1, 0.15) is 17.2 Å². The van der Waals surface area contributed by atoms with Crippen molar-refractivity contribution in [1.29, 1.82) is 0 Å². The first kappa shape index (κ1) is 19.0. The number of H-pyrrole nitrogens is 1. The van der Waals surface area contributed by atoms with Gasteiger partial charge >= 0.3 is 0 Å². The minimum Gasteiger partial charge on any atom is -0.497 e. The quantitative estimate of drug-likeness (QED) is 0.546. The van der Waals surface area contributed by atoms with Gasteiger partial charge in [-0.1, -0.05) is 30.3 Å². The van der Waals surface area contributed by atoms with Crippen molar-refractivity contribution in [3.05, 3.63) is 66.4 Å². The topological polar surface area (TPSA) is 105 Å². The number of methoxy groups -OCH3 is 1. The second-order valence-electron chi connectivity index (χ2n) is 5.81. The Bertz CT molecular complexity index is 923. The van der Waals surface area contributed by atoms with Gasteiger partial charge in [-0.2, -0.15) is 5.10 Å². The fourth-order valence-electron chi connectivity index (χ4n) is 2.38. The third kappa shape index (κ3) is 5.10. The van der Waals surface area contributed by atoms with Crippen LogP contribution in [0, 0.1) is 0 Å². The van der Waals surface area contributed by atoms with Crippen molar-refractivity contribution in [3.63, 3.8) is 0 Å². The Morgan fingerprint density at radius 3 is 2.43 bits per heavy atom. The molecule has 3 rings (SSSR count). The molecule has 28 heavy (non-hydrogen) atoms. The number of benzene rings is 2. The summed E-state index contributed by atoms with van der Waals surface area (Å²) in [5.41, 5.74) is 6.47. The van der Waals surface area contributed by atoms with E-state index in [0.29, 0.717) is 11.4 Å². The first-order chi connectivity index (χ1) is 13.7. The molecule has 0 spiro atoms. The van der Waals surface area contributed by atoms with Gasteiger partial charge in [-0.15, -0.1) is 0 Å². The van der Waals surface area contributed by atoms with Gasteiger partial charge in [-0.05, 0) is 30.3 Å². The first-order valence-electron chi connectivity index (χ1n) is 8.62. The van der Waals surface area contributed by atoms with Crippen molar-refractivity contribution >= 4 is 11.8 Å². The van der Waals surface area contributed by atoms with Gasteiger partial charge in [0.05, 0.1) is 25.8 Å². The first-order valence-corrected chi connectivity index (χ1v) is 8.62. The Kier molecular flexibility index (Phi) is 6.25. The van der Waals surface area contributed by atoms with Crippen LogP contribution >= 0.6 is 0 Å². The number of nitrogens with one attached hydrogen (secondary N) is 3. The van der Waals surface area contributed by atoms with Gasteiger partial charge in [0, 0.05) is 5.56 Å². The molecular weight excluding hydrogens is 360 g/mol. The molecule has 8 heteroatoms. The van der Waals surface area contributed by atoms with E-state index in [1.807, 2.05) is 30.3 Å². The lowest BCUT2D eigenvalue weighted by Gasteiger charge is -2.08. The minimum atomic E-state index is -0.487. The monoisotopic (exact) mass is 380 g/mol. The fraction of sp³-hybridized carbons (Fsp3) is 0.150. The average Bonchev–Trinajstić information content (AvgIpc) is 3.23. The molecule has 0 saturated heterocycles. The van der Waals surface area contributed by atoms with Crippen LogP contribution in [0.3, 0.4) is 0 Å². The zero-order valence-corrected chi connectivity index (χ0v) is 15.3. The number of hydrazine groups is 1. The Labute approximate surface area is 161 Å². The summed E-state index contributed by atoms with van der Waals surface area (Å²) in [7, 11) is 1.58. The van der Waals surface area contributed by atoms with Crippen LogP contribution in [0.2, 0.25) is 0 Å². The lowest BCUT2D eigenvalue weighted by Crippen LogP contribution is -2.42. The van der Waals surface area contributed by atoms with Gasteiger partial charge < -0.3 is 9.47 Å². The summed E-state index contributed by atoms with van der Waals surface area (Å²) in [6.45, 7) is 0.177. The summed E-state index contributed by atoms with van der Waals surface area (Å²) in [6.07, 6.45) is 0.0878. The predicted octanol–water partition coefficient (Wildman–Crippen LogP) is 2.32. The minimum absolute atomic E-state index is 0.0878. The van der Waals surface area contributed by atoms with Crippen LogP contribution < -0.4 is 20.3 Å². The number of hydrogen-bond acceptors (Lipinski definition) is 5. The van der Waals surface area contributed by atoms with Crippen molar-refractivity contribution in [1.82, 2.24) is 21.0 Å². The highest BCUT2D eigenvalue weighted by molar-refractivity contribution is 5.94. The molecule has 0 aliphatic heterocycles. The number of rotatable bonds is 7. The highest BCUT2D eigenvalue weighted by atomic mass is 16.5. The molecule has 8 nitrogen and oxygen atoms in total. The molecule has 0 saturated carbocycles. The zero-order valence-electron chi connectivity index (χ0n) is 15.3. The molecule has 3 N–H and O–H groups in total. The summed E-state index contributed by atoms with van der Waals surface area (Å²) in [5, 5.41) is 6.76. The number of nitrogens with zero attached hydrogens (tertiary/aromatic N) is 1. The highest BCUT2D eigenvalue weighted by Gasteiger charge is 2.12. The molecule has 3 aromatic rings. The molecule has 1 aromatic heterocycles. The van der Waals surface area contributed by atoms with Gasteiger partial charge in [0.25, 0.3) is 5.91 Å². The number of carbonyl (C=O) groups excluding carboxylic acids is 2. The maximum absolute atomic E-state index is 12.1. The van der Waals surface area contributed by atoms with Crippen molar-refractivity contribution in [2.75, 3.05) is 13.7 Å². The smallest absolute Gasteiger partial charge is 0.287 e. The average molecular weight is 380 g/mol. The van der Waals surface area contributed by atoms with Crippen molar-refractivity contribution < 1.29 is 19.1 Å². The maximum atomic E-state index is 12.1. The lowest BCUT2D eigenvalue weighted by atomic mass is 10.1. The van der Waals surface area contributed by atoms with E-state index in [1.54, 1.807) is 37.4 Å². The van der Waals surface area contributed by atoms with E-state index >= 15 is 0 Å². The number of amides is 2. The number of ether oxygens (including phenoxy) is 2. The number of carbonyl (C=O) groups is 2. The fourth-order valence-corrected chi connectivity index (χ4v) is 2.38. The summed E-state index contributed by atoms with van der Waals surface area (Å²) in [4.78, 5) is 24.0. The highest BCUT2D eigenvalue weighted by Crippen LogP contribution is 2.17. The van der Waals surface area contributed by atoms with Crippen LogP contribution in [0.25, 0.3) is 11.3 Å². The standard InChI is InChI=1S/C20H20N4O4/c1-27-15-7-9-16(10-8-15)28-12-11-19(25)23-24-20(26)18-13-17(21-22-18)14-5-3-2-4-6-14/h2-10,13H,11-12H2,1H3,(H,21,22)(H,23,25)(H,24,26). The molecule has 0 aliphatic carbocycles. The van der Waals surface area contributed by atoms with E-state index in [0.717, 1.165) is 11.3 Å². The summed E-state index contributed by atoms with van der Waals surface area (Å²) in [6, 6.07) is 18.1. The second kappa shape index (κ2) is 9.22. The van der Waals surface area contributed by atoms with Gasteiger partial charge in [0.2, 0.25) is 5.91 Å². The zero-order chi connectivity index (χ0) is 19.8. The summed E-state index contributed by atoms with van der Waals surface area (Å²) < 4.78 is 10.5. The van der Waals surface area contributed by atoms with Crippen LogP contribution in [0.1, 0.15) is 16.9 Å². The van der Waals surface area contributed by atoms with Gasteiger partial charge in [-0.3, -0.25) is 25.5 Å². The third-order valence-electron chi connectivity index (χ3n) is 3.86. The lowest BCUT2D eigenvalue weighted by molar-refractivity contribution is -0.122. The Morgan fingerprint density at radius 1 is 1.00 bits per heavy atom. The molecule has 0 aliphatic rings. The van der Waals surface area contributed by atoms with E-state index in [1.165, 1.54) is 0 Å². The maximum Gasteiger partial charge on any atom is 0.287 e. The van der Waals surface area contributed by atoms with Crippen LogP contribution in [0.5, 0.6) is 11.5 Å².